The van der Waals surface area contributed by atoms with Crippen molar-refractivity contribution in [1.29, 1.82) is 0 Å². The Morgan fingerprint density at radius 2 is 1.84 bits per heavy atom. The molecule has 2 N–H and O–H groups in total. The Morgan fingerprint density at radius 1 is 1.12 bits per heavy atom. The number of aliphatic hydroxyl groups excluding tert-OH is 1. The molecule has 1 aromatic heterocycles. The SMILES string of the molecule is CC(=O)NCCc1ccc(C(=O)COC(=O)c2ccc(CO)cc2)s1. The largest absolute Gasteiger partial charge is 0.454 e. The van der Waals surface area contributed by atoms with E-state index >= 15 is 0 Å². The van der Waals surface area contributed by atoms with Crippen molar-refractivity contribution in [3.63, 3.8) is 0 Å². The van der Waals surface area contributed by atoms with Crippen LogP contribution in [0.25, 0.3) is 0 Å². The Balaban J connectivity index is 1.84. The fourth-order valence-corrected chi connectivity index (χ4v) is 2.99. The number of thiophene rings is 1. The highest BCUT2D eigenvalue weighted by molar-refractivity contribution is 7.14. The molecule has 0 saturated carbocycles. The summed E-state index contributed by atoms with van der Waals surface area (Å²) in [6.07, 6.45) is 0.647. The smallest absolute Gasteiger partial charge is 0.338 e. The molecule has 0 aliphatic carbocycles. The summed E-state index contributed by atoms with van der Waals surface area (Å²) in [6, 6.07) is 9.86. The molecule has 0 radical (unpaired) electrons. The van der Waals surface area contributed by atoms with Gasteiger partial charge in [-0.25, -0.2) is 4.79 Å². The first-order valence-electron chi connectivity index (χ1n) is 7.73. The minimum absolute atomic E-state index is 0.0909. The van der Waals surface area contributed by atoms with Crippen molar-refractivity contribution in [3.8, 4) is 0 Å². The quantitative estimate of drug-likeness (QED) is 0.554. The molecule has 0 aliphatic rings. The lowest BCUT2D eigenvalue weighted by Gasteiger charge is -2.04. The maximum atomic E-state index is 12.1. The van der Waals surface area contributed by atoms with Crippen LogP contribution in [0.2, 0.25) is 0 Å². The monoisotopic (exact) mass is 361 g/mol. The molecule has 0 unspecified atom stereocenters. The second kappa shape index (κ2) is 9.10. The molecule has 0 spiro atoms. The maximum Gasteiger partial charge on any atom is 0.338 e. The van der Waals surface area contributed by atoms with E-state index in [-0.39, 0.29) is 24.9 Å². The number of aliphatic hydroxyl groups is 1. The Morgan fingerprint density at radius 3 is 2.48 bits per heavy atom. The van der Waals surface area contributed by atoms with Crippen molar-refractivity contribution in [3.05, 3.63) is 57.3 Å². The molecule has 25 heavy (non-hydrogen) atoms. The van der Waals surface area contributed by atoms with Crippen LogP contribution in [-0.2, 0) is 22.6 Å². The zero-order valence-corrected chi connectivity index (χ0v) is 14.6. The minimum Gasteiger partial charge on any atom is -0.454 e. The van der Waals surface area contributed by atoms with Gasteiger partial charge in [0.15, 0.2) is 6.61 Å². The summed E-state index contributed by atoms with van der Waals surface area (Å²) in [5.74, 6) is -0.942. The van der Waals surface area contributed by atoms with Gasteiger partial charge in [-0.3, -0.25) is 9.59 Å². The highest BCUT2D eigenvalue weighted by Crippen LogP contribution is 2.18. The molecule has 0 saturated heterocycles. The van der Waals surface area contributed by atoms with Gasteiger partial charge in [0.05, 0.1) is 17.0 Å². The molecule has 1 heterocycles. The fraction of sp³-hybridized carbons (Fsp3) is 0.278. The first-order chi connectivity index (χ1) is 12.0. The lowest BCUT2D eigenvalue weighted by Crippen LogP contribution is -2.22. The van der Waals surface area contributed by atoms with Crippen molar-refractivity contribution in [2.75, 3.05) is 13.2 Å². The van der Waals surface area contributed by atoms with Gasteiger partial charge in [-0.15, -0.1) is 11.3 Å². The lowest BCUT2D eigenvalue weighted by molar-refractivity contribution is -0.118. The number of carbonyl (C=O) groups excluding carboxylic acids is 3. The summed E-state index contributed by atoms with van der Waals surface area (Å²) < 4.78 is 5.04. The van der Waals surface area contributed by atoms with Gasteiger partial charge in [-0.2, -0.15) is 0 Å². The third-order valence-electron chi connectivity index (χ3n) is 3.39. The van der Waals surface area contributed by atoms with Crippen LogP contribution in [0.5, 0.6) is 0 Å². The first kappa shape index (κ1) is 18.8. The summed E-state index contributed by atoms with van der Waals surface area (Å²) in [6.45, 7) is 1.54. The number of nitrogens with one attached hydrogen (secondary N) is 1. The number of benzene rings is 1. The third-order valence-corrected chi connectivity index (χ3v) is 4.57. The molecular formula is C18H19NO5S. The molecule has 6 nitrogen and oxygen atoms in total. The fourth-order valence-electron chi connectivity index (χ4n) is 2.06. The number of hydrogen-bond donors (Lipinski definition) is 2. The van der Waals surface area contributed by atoms with E-state index in [0.29, 0.717) is 29.0 Å². The first-order valence-corrected chi connectivity index (χ1v) is 8.54. The van der Waals surface area contributed by atoms with E-state index in [9.17, 15) is 14.4 Å². The molecular weight excluding hydrogens is 342 g/mol. The van der Waals surface area contributed by atoms with Crippen molar-refractivity contribution >= 4 is 29.0 Å². The predicted octanol–water partition coefficient (Wildman–Crippen LogP) is 1.96. The van der Waals surface area contributed by atoms with Crippen LogP contribution in [0.1, 0.15) is 37.4 Å². The van der Waals surface area contributed by atoms with E-state index in [1.165, 1.54) is 18.3 Å². The summed E-state index contributed by atoms with van der Waals surface area (Å²) in [7, 11) is 0. The van der Waals surface area contributed by atoms with Crippen molar-refractivity contribution in [2.24, 2.45) is 0 Å². The maximum absolute atomic E-state index is 12.1. The number of ether oxygens (including phenoxy) is 1. The Kier molecular flexibility index (Phi) is 6.85. The van der Waals surface area contributed by atoms with E-state index in [0.717, 1.165) is 4.88 Å². The number of amides is 1. The summed E-state index contributed by atoms with van der Waals surface area (Å²) in [5, 5.41) is 11.7. The predicted molar refractivity (Wildman–Crippen MR) is 93.7 cm³/mol. The number of Topliss-reactive ketones (excluding diaryl/α,β-unsaturated/α-hetero) is 1. The molecule has 0 fully saturated rings. The lowest BCUT2D eigenvalue weighted by atomic mass is 10.1. The van der Waals surface area contributed by atoms with Gasteiger partial charge in [-0.1, -0.05) is 12.1 Å². The molecule has 2 aromatic rings. The van der Waals surface area contributed by atoms with Gasteiger partial charge in [0.1, 0.15) is 0 Å². The number of hydrogen-bond acceptors (Lipinski definition) is 6. The van der Waals surface area contributed by atoms with Crippen LogP contribution in [0.4, 0.5) is 0 Å². The number of carbonyl (C=O) groups is 3. The van der Waals surface area contributed by atoms with Crippen LogP contribution in [-0.4, -0.2) is 35.9 Å². The number of rotatable bonds is 8. The molecule has 0 bridgehead atoms. The van der Waals surface area contributed by atoms with Crippen LogP contribution < -0.4 is 5.32 Å². The van der Waals surface area contributed by atoms with Crippen molar-refractivity contribution < 1.29 is 24.2 Å². The molecule has 2 rings (SSSR count). The second-order valence-corrected chi connectivity index (χ2v) is 6.52. The zero-order valence-electron chi connectivity index (χ0n) is 13.8. The highest BCUT2D eigenvalue weighted by atomic mass is 32.1. The van der Waals surface area contributed by atoms with Gasteiger partial charge >= 0.3 is 5.97 Å². The van der Waals surface area contributed by atoms with Gasteiger partial charge < -0.3 is 15.2 Å². The van der Waals surface area contributed by atoms with E-state index in [1.54, 1.807) is 30.3 Å². The van der Waals surface area contributed by atoms with Crippen molar-refractivity contribution in [2.45, 2.75) is 20.0 Å². The van der Waals surface area contributed by atoms with Crippen LogP contribution in [0, 0.1) is 0 Å². The average Bonchev–Trinajstić information content (AvgIpc) is 3.08. The van der Waals surface area contributed by atoms with Crippen LogP contribution in [0.15, 0.2) is 36.4 Å². The van der Waals surface area contributed by atoms with E-state index < -0.39 is 5.97 Å². The van der Waals surface area contributed by atoms with Gasteiger partial charge in [0, 0.05) is 18.3 Å². The molecule has 7 heteroatoms. The molecule has 132 valence electrons. The average molecular weight is 361 g/mol. The van der Waals surface area contributed by atoms with E-state index in [4.69, 9.17) is 9.84 Å². The van der Waals surface area contributed by atoms with E-state index in [2.05, 4.69) is 5.32 Å². The number of ketones is 1. The van der Waals surface area contributed by atoms with Gasteiger partial charge in [-0.05, 0) is 36.2 Å². The molecule has 0 atom stereocenters. The van der Waals surface area contributed by atoms with Crippen LogP contribution in [0.3, 0.4) is 0 Å². The molecule has 0 aliphatic heterocycles. The Bertz CT molecular complexity index is 751. The number of esters is 1. The van der Waals surface area contributed by atoms with Crippen LogP contribution >= 0.6 is 11.3 Å². The Hall–Kier alpha value is -2.51. The molecule has 1 aromatic carbocycles. The summed E-state index contributed by atoms with van der Waals surface area (Å²) in [4.78, 5) is 36.3. The van der Waals surface area contributed by atoms with Gasteiger partial charge in [0.25, 0.3) is 0 Å². The summed E-state index contributed by atoms with van der Waals surface area (Å²) in [5.41, 5.74) is 1.02. The summed E-state index contributed by atoms with van der Waals surface area (Å²) >= 11 is 1.33. The Labute approximate surface area is 149 Å². The zero-order chi connectivity index (χ0) is 18.2. The highest BCUT2D eigenvalue weighted by Gasteiger charge is 2.14. The van der Waals surface area contributed by atoms with E-state index in [1.807, 2.05) is 6.07 Å². The minimum atomic E-state index is -0.583. The molecule has 1 amide bonds. The van der Waals surface area contributed by atoms with Crippen molar-refractivity contribution in [1.82, 2.24) is 5.32 Å². The normalized spacial score (nSPS) is 10.3. The van der Waals surface area contributed by atoms with Gasteiger partial charge in [0.2, 0.25) is 11.7 Å². The topological polar surface area (TPSA) is 92.7 Å². The third kappa shape index (κ3) is 5.81. The standard InChI is InChI=1S/C18H19NO5S/c1-12(21)19-9-8-15-6-7-17(25-15)16(22)11-24-18(23)14-4-2-13(10-20)3-5-14/h2-7,20H,8-11H2,1H3,(H,19,21). The second-order valence-electron chi connectivity index (χ2n) is 5.35.